The largest absolute Gasteiger partial charge is 0.331 e. The topological polar surface area (TPSA) is 63.4 Å². The molecular weight excluding hydrogens is 335 g/mol. The van der Waals surface area contributed by atoms with Crippen molar-refractivity contribution in [3.63, 3.8) is 0 Å². The number of hydrogen-bond donors (Lipinski definition) is 0. The molecule has 0 saturated heterocycles. The maximum atomic E-state index is 13.0. The molecule has 0 aromatic heterocycles. The molecule has 0 N–H and O–H groups in total. The second kappa shape index (κ2) is 6.57. The van der Waals surface area contributed by atoms with Crippen LogP contribution in [0.4, 0.5) is 10.1 Å². The van der Waals surface area contributed by atoms with Crippen LogP contribution in [0.1, 0.15) is 28.8 Å². The summed E-state index contributed by atoms with van der Waals surface area (Å²) in [6.45, 7) is 0.308. The summed E-state index contributed by atoms with van der Waals surface area (Å²) in [5.41, 5.74) is 0.721. The number of halogens is 2. The van der Waals surface area contributed by atoms with Crippen molar-refractivity contribution in [2.24, 2.45) is 0 Å². The van der Waals surface area contributed by atoms with Gasteiger partial charge in [-0.3, -0.25) is 14.9 Å². The third kappa shape index (κ3) is 3.54. The van der Waals surface area contributed by atoms with Gasteiger partial charge in [-0.1, -0.05) is 23.7 Å². The van der Waals surface area contributed by atoms with Crippen molar-refractivity contribution >= 4 is 23.2 Å². The van der Waals surface area contributed by atoms with Crippen LogP contribution in [0, 0.1) is 15.9 Å². The van der Waals surface area contributed by atoms with Crippen LogP contribution in [0.3, 0.4) is 0 Å². The Kier molecular flexibility index (Phi) is 4.49. The van der Waals surface area contributed by atoms with Gasteiger partial charge in [0.15, 0.2) is 0 Å². The van der Waals surface area contributed by atoms with E-state index in [4.69, 9.17) is 11.6 Å². The lowest BCUT2D eigenvalue weighted by molar-refractivity contribution is -0.384. The molecule has 5 nitrogen and oxygen atoms in total. The SMILES string of the molecule is O=C(c1cc([N+](=O)[O-])ccc1Cl)N(Cc1ccc(F)cc1)C1CC1. The number of nitro benzene ring substituents is 1. The minimum absolute atomic E-state index is 0.0814. The van der Waals surface area contributed by atoms with Gasteiger partial charge in [-0.25, -0.2) is 4.39 Å². The molecule has 0 atom stereocenters. The van der Waals surface area contributed by atoms with Gasteiger partial charge in [0.1, 0.15) is 5.82 Å². The van der Waals surface area contributed by atoms with Gasteiger partial charge in [-0.15, -0.1) is 0 Å². The first-order chi connectivity index (χ1) is 11.5. The zero-order valence-corrected chi connectivity index (χ0v) is 13.4. The molecule has 0 spiro atoms. The number of hydrogen-bond acceptors (Lipinski definition) is 3. The number of rotatable bonds is 5. The molecule has 0 unspecified atom stereocenters. The van der Waals surface area contributed by atoms with E-state index in [2.05, 4.69) is 0 Å². The van der Waals surface area contributed by atoms with E-state index in [9.17, 15) is 19.3 Å². The van der Waals surface area contributed by atoms with Gasteiger partial charge in [0, 0.05) is 24.7 Å². The Labute approximate surface area is 142 Å². The molecule has 7 heteroatoms. The maximum Gasteiger partial charge on any atom is 0.270 e. The summed E-state index contributed by atoms with van der Waals surface area (Å²) in [5, 5.41) is 11.1. The van der Waals surface area contributed by atoms with E-state index < -0.39 is 4.92 Å². The average molecular weight is 349 g/mol. The quantitative estimate of drug-likeness (QED) is 0.601. The molecule has 3 rings (SSSR count). The molecule has 2 aromatic carbocycles. The summed E-state index contributed by atoms with van der Waals surface area (Å²) in [5.74, 6) is -0.694. The summed E-state index contributed by atoms with van der Waals surface area (Å²) in [4.78, 5) is 24.8. The summed E-state index contributed by atoms with van der Waals surface area (Å²) in [6, 6.07) is 9.82. The predicted octanol–water partition coefficient (Wildman–Crippen LogP) is 4.19. The van der Waals surface area contributed by atoms with Crippen molar-refractivity contribution in [1.29, 1.82) is 0 Å². The number of non-ortho nitro benzene ring substituents is 1. The van der Waals surface area contributed by atoms with Crippen molar-refractivity contribution in [3.05, 3.63) is 74.5 Å². The first kappa shape index (κ1) is 16.4. The number of carbonyl (C=O) groups is 1. The maximum absolute atomic E-state index is 13.0. The number of benzene rings is 2. The fourth-order valence-electron chi connectivity index (χ4n) is 2.48. The van der Waals surface area contributed by atoms with Crippen LogP contribution in [0.5, 0.6) is 0 Å². The second-order valence-electron chi connectivity index (χ2n) is 5.71. The van der Waals surface area contributed by atoms with Crippen LogP contribution in [0.15, 0.2) is 42.5 Å². The van der Waals surface area contributed by atoms with E-state index in [1.165, 1.54) is 30.3 Å². The Morgan fingerprint density at radius 2 is 1.92 bits per heavy atom. The van der Waals surface area contributed by atoms with Gasteiger partial charge >= 0.3 is 0 Å². The molecule has 1 aliphatic carbocycles. The second-order valence-corrected chi connectivity index (χ2v) is 6.12. The monoisotopic (exact) mass is 348 g/mol. The standard InChI is InChI=1S/C17H14ClFN2O3/c18-16-8-7-14(21(23)24)9-15(16)17(22)20(13-5-6-13)10-11-1-3-12(19)4-2-11/h1-4,7-9,13H,5-6,10H2. The molecule has 0 heterocycles. The van der Waals surface area contributed by atoms with Crippen molar-refractivity contribution in [2.45, 2.75) is 25.4 Å². The van der Waals surface area contributed by atoms with E-state index >= 15 is 0 Å². The van der Waals surface area contributed by atoms with Gasteiger partial charge in [0.2, 0.25) is 0 Å². The van der Waals surface area contributed by atoms with E-state index in [0.717, 1.165) is 18.4 Å². The molecule has 0 radical (unpaired) electrons. The Bertz CT molecular complexity index is 791. The first-order valence-electron chi connectivity index (χ1n) is 7.45. The van der Waals surface area contributed by atoms with Crippen molar-refractivity contribution in [2.75, 3.05) is 0 Å². The molecule has 1 saturated carbocycles. The van der Waals surface area contributed by atoms with Crippen molar-refractivity contribution in [3.8, 4) is 0 Å². The minimum atomic E-state index is -0.561. The van der Waals surface area contributed by atoms with E-state index in [0.29, 0.717) is 6.54 Å². The van der Waals surface area contributed by atoms with E-state index in [1.54, 1.807) is 17.0 Å². The Morgan fingerprint density at radius 3 is 2.50 bits per heavy atom. The lowest BCUT2D eigenvalue weighted by Gasteiger charge is -2.23. The number of amides is 1. The Hall–Kier alpha value is -2.47. The van der Waals surface area contributed by atoms with Gasteiger partial charge < -0.3 is 4.90 Å². The number of nitrogens with zero attached hydrogens (tertiary/aromatic N) is 2. The smallest absolute Gasteiger partial charge is 0.270 e. The van der Waals surface area contributed by atoms with Gasteiger partial charge in [0.05, 0.1) is 15.5 Å². The average Bonchev–Trinajstić information content (AvgIpc) is 3.38. The van der Waals surface area contributed by atoms with Crippen molar-refractivity contribution < 1.29 is 14.1 Å². The Balaban J connectivity index is 1.89. The molecular formula is C17H14ClFN2O3. The Morgan fingerprint density at radius 1 is 1.25 bits per heavy atom. The fraction of sp³-hybridized carbons (Fsp3) is 0.235. The molecule has 124 valence electrons. The predicted molar refractivity (Wildman–Crippen MR) is 87.4 cm³/mol. The number of carbonyl (C=O) groups excluding carboxylic acids is 1. The first-order valence-corrected chi connectivity index (χ1v) is 7.83. The molecule has 1 amide bonds. The normalized spacial score (nSPS) is 13.6. The van der Waals surface area contributed by atoms with Gasteiger partial charge in [0.25, 0.3) is 11.6 Å². The molecule has 0 aliphatic heterocycles. The highest BCUT2D eigenvalue weighted by molar-refractivity contribution is 6.33. The van der Waals surface area contributed by atoms with Crippen LogP contribution < -0.4 is 0 Å². The van der Waals surface area contributed by atoms with Crippen LogP contribution in [-0.2, 0) is 6.54 Å². The summed E-state index contributed by atoms with van der Waals surface area (Å²) >= 11 is 6.07. The van der Waals surface area contributed by atoms with Crippen LogP contribution in [0.2, 0.25) is 5.02 Å². The highest BCUT2D eigenvalue weighted by Gasteiger charge is 2.34. The van der Waals surface area contributed by atoms with Gasteiger partial charge in [-0.2, -0.15) is 0 Å². The molecule has 1 fully saturated rings. The van der Waals surface area contributed by atoms with Crippen molar-refractivity contribution in [1.82, 2.24) is 4.90 Å². The summed E-state index contributed by atoms with van der Waals surface area (Å²) < 4.78 is 13.0. The highest BCUT2D eigenvalue weighted by atomic mass is 35.5. The zero-order chi connectivity index (χ0) is 17.3. The lowest BCUT2D eigenvalue weighted by atomic mass is 10.1. The third-order valence-electron chi connectivity index (χ3n) is 3.91. The molecule has 0 bridgehead atoms. The fourth-order valence-corrected chi connectivity index (χ4v) is 2.68. The van der Waals surface area contributed by atoms with E-state index in [1.807, 2.05) is 0 Å². The van der Waals surface area contributed by atoms with Gasteiger partial charge in [-0.05, 0) is 36.6 Å². The van der Waals surface area contributed by atoms with Crippen LogP contribution in [-0.4, -0.2) is 21.8 Å². The lowest BCUT2D eigenvalue weighted by Crippen LogP contribution is -2.32. The van der Waals surface area contributed by atoms with Crippen LogP contribution in [0.25, 0.3) is 0 Å². The molecule has 2 aromatic rings. The zero-order valence-electron chi connectivity index (χ0n) is 12.6. The number of nitro groups is 1. The minimum Gasteiger partial charge on any atom is -0.331 e. The summed E-state index contributed by atoms with van der Waals surface area (Å²) in [6.07, 6.45) is 1.75. The highest BCUT2D eigenvalue weighted by Crippen LogP contribution is 2.32. The molecule has 1 aliphatic rings. The van der Waals surface area contributed by atoms with E-state index in [-0.39, 0.29) is 34.0 Å². The van der Waals surface area contributed by atoms with Crippen LogP contribution >= 0.6 is 11.6 Å². The third-order valence-corrected chi connectivity index (χ3v) is 4.24. The summed E-state index contributed by atoms with van der Waals surface area (Å²) in [7, 11) is 0. The molecule has 24 heavy (non-hydrogen) atoms.